The van der Waals surface area contributed by atoms with E-state index in [0.717, 1.165) is 34.0 Å². The molecule has 0 aliphatic carbocycles. The molecule has 166 valence electrons. The molecular weight excluding hydrogens is 452 g/mol. The zero-order valence-electron chi connectivity index (χ0n) is 18.2. The van der Waals surface area contributed by atoms with Crippen LogP contribution >= 0.6 is 23.8 Å². The van der Waals surface area contributed by atoms with Crippen molar-refractivity contribution in [3.8, 4) is 11.4 Å². The smallest absolute Gasteiger partial charge is 0.174 e. The first-order chi connectivity index (χ1) is 16.0. The van der Waals surface area contributed by atoms with Crippen LogP contribution in [0.15, 0.2) is 79.0 Å². The first kappa shape index (κ1) is 21.5. The largest absolute Gasteiger partial charge is 0.508 e. The standard InChI is InChI=1S/C26H23ClN4OS/c1-16-15-20(17(2)30(16)23-9-4-3-7-21(23)27)25-24(22-8-5-6-14-28-22)29-26(33)31(25)18-10-12-19(32)13-11-18/h3-15,24-25,32H,1-2H3,(H,29,33). The van der Waals surface area contributed by atoms with Crippen LogP contribution in [0, 0.1) is 13.8 Å². The van der Waals surface area contributed by atoms with E-state index in [1.165, 1.54) is 0 Å². The lowest BCUT2D eigenvalue weighted by atomic mass is 9.96. The highest BCUT2D eigenvalue weighted by molar-refractivity contribution is 7.80. The molecule has 0 spiro atoms. The van der Waals surface area contributed by atoms with Crippen molar-refractivity contribution in [1.29, 1.82) is 0 Å². The molecule has 2 atom stereocenters. The summed E-state index contributed by atoms with van der Waals surface area (Å²) in [6.07, 6.45) is 1.80. The lowest BCUT2D eigenvalue weighted by Gasteiger charge is -2.28. The topological polar surface area (TPSA) is 53.3 Å². The predicted octanol–water partition coefficient (Wildman–Crippen LogP) is 6.03. The molecule has 4 aromatic rings. The second kappa shape index (κ2) is 8.54. The van der Waals surface area contributed by atoms with Crippen LogP contribution < -0.4 is 10.2 Å². The minimum Gasteiger partial charge on any atom is -0.508 e. The van der Waals surface area contributed by atoms with E-state index < -0.39 is 0 Å². The Bertz CT molecular complexity index is 1320. The summed E-state index contributed by atoms with van der Waals surface area (Å²) in [6, 6.07) is 22.8. The Labute approximate surface area is 203 Å². The molecule has 0 radical (unpaired) electrons. The molecule has 5 rings (SSSR count). The zero-order valence-corrected chi connectivity index (χ0v) is 19.8. The number of benzene rings is 2. The Kier molecular flexibility index (Phi) is 5.56. The highest BCUT2D eigenvalue weighted by Gasteiger charge is 2.42. The number of aromatic nitrogens is 2. The molecule has 3 heterocycles. The van der Waals surface area contributed by atoms with Gasteiger partial charge >= 0.3 is 0 Å². The van der Waals surface area contributed by atoms with Crippen LogP contribution in [0.5, 0.6) is 5.75 Å². The van der Waals surface area contributed by atoms with Crippen molar-refractivity contribution in [2.75, 3.05) is 4.90 Å². The van der Waals surface area contributed by atoms with Crippen LogP contribution in [0.1, 0.15) is 34.7 Å². The molecule has 0 saturated carbocycles. The van der Waals surface area contributed by atoms with Crippen molar-refractivity contribution in [1.82, 2.24) is 14.9 Å². The number of aromatic hydroxyl groups is 1. The number of nitrogens with zero attached hydrogens (tertiary/aromatic N) is 3. The van der Waals surface area contributed by atoms with E-state index in [1.54, 1.807) is 18.3 Å². The van der Waals surface area contributed by atoms with Gasteiger partial charge in [-0.1, -0.05) is 29.8 Å². The van der Waals surface area contributed by atoms with Crippen molar-refractivity contribution in [3.05, 3.63) is 107 Å². The van der Waals surface area contributed by atoms with E-state index in [0.29, 0.717) is 10.1 Å². The Morgan fingerprint density at radius 1 is 1.00 bits per heavy atom. The SMILES string of the molecule is Cc1cc(C2C(c3ccccn3)NC(=S)N2c2ccc(O)cc2)c(C)n1-c1ccccc1Cl. The van der Waals surface area contributed by atoms with E-state index in [9.17, 15) is 5.11 Å². The molecule has 1 aliphatic heterocycles. The van der Waals surface area contributed by atoms with Gasteiger partial charge in [-0.3, -0.25) is 4.98 Å². The first-order valence-electron chi connectivity index (χ1n) is 10.7. The summed E-state index contributed by atoms with van der Waals surface area (Å²) in [5, 5.41) is 14.6. The number of pyridine rings is 1. The Hall–Kier alpha value is -3.35. The highest BCUT2D eigenvalue weighted by atomic mass is 35.5. The van der Waals surface area contributed by atoms with Crippen molar-refractivity contribution < 1.29 is 5.11 Å². The second-order valence-corrected chi connectivity index (χ2v) is 8.92. The number of halogens is 1. The molecular formula is C26H23ClN4OS. The van der Waals surface area contributed by atoms with E-state index in [-0.39, 0.29) is 17.8 Å². The summed E-state index contributed by atoms with van der Waals surface area (Å²) in [5.74, 6) is 0.214. The highest BCUT2D eigenvalue weighted by Crippen LogP contribution is 2.44. The maximum absolute atomic E-state index is 9.82. The van der Waals surface area contributed by atoms with Gasteiger partial charge in [0.15, 0.2) is 5.11 Å². The maximum Gasteiger partial charge on any atom is 0.174 e. The Morgan fingerprint density at radius 3 is 2.42 bits per heavy atom. The summed E-state index contributed by atoms with van der Waals surface area (Å²) in [5.41, 5.74) is 6.05. The van der Waals surface area contributed by atoms with Gasteiger partial charge in [0.1, 0.15) is 5.75 Å². The fourth-order valence-corrected chi connectivity index (χ4v) is 5.22. The molecule has 2 N–H and O–H groups in total. The van der Waals surface area contributed by atoms with Gasteiger partial charge in [0.2, 0.25) is 0 Å². The maximum atomic E-state index is 9.82. The van der Waals surface area contributed by atoms with Crippen LogP contribution in [-0.4, -0.2) is 19.8 Å². The van der Waals surface area contributed by atoms with Crippen LogP contribution in [0.25, 0.3) is 5.69 Å². The van der Waals surface area contributed by atoms with Gasteiger partial charge in [-0.15, -0.1) is 0 Å². The fraction of sp³-hybridized carbons (Fsp3) is 0.154. The fourth-order valence-electron chi connectivity index (χ4n) is 4.65. The number of thiocarbonyl (C=S) groups is 1. The second-order valence-electron chi connectivity index (χ2n) is 8.13. The van der Waals surface area contributed by atoms with Gasteiger partial charge in [0.05, 0.1) is 28.5 Å². The third-order valence-corrected chi connectivity index (χ3v) is 6.74. The van der Waals surface area contributed by atoms with Gasteiger partial charge in [0, 0.05) is 23.3 Å². The monoisotopic (exact) mass is 474 g/mol. The number of phenolic OH excluding ortho intramolecular Hbond substituents is 1. The molecule has 7 heteroatoms. The van der Waals surface area contributed by atoms with Gasteiger partial charge in [-0.05, 0) is 86.2 Å². The third kappa shape index (κ3) is 3.75. The van der Waals surface area contributed by atoms with Crippen molar-refractivity contribution in [2.45, 2.75) is 25.9 Å². The molecule has 0 amide bonds. The molecule has 0 bridgehead atoms. The minimum absolute atomic E-state index is 0.139. The lowest BCUT2D eigenvalue weighted by molar-refractivity contribution is 0.475. The number of nitrogens with one attached hydrogen (secondary N) is 1. The summed E-state index contributed by atoms with van der Waals surface area (Å²) in [6.45, 7) is 4.19. The lowest BCUT2D eigenvalue weighted by Crippen LogP contribution is -2.29. The number of hydrogen-bond donors (Lipinski definition) is 2. The van der Waals surface area contributed by atoms with Gasteiger partial charge in [-0.25, -0.2) is 0 Å². The van der Waals surface area contributed by atoms with Crippen LogP contribution in [0.3, 0.4) is 0 Å². The molecule has 2 unspecified atom stereocenters. The van der Waals surface area contributed by atoms with Crippen molar-refractivity contribution in [2.24, 2.45) is 0 Å². The minimum atomic E-state index is -0.146. The molecule has 2 aromatic heterocycles. The van der Waals surface area contributed by atoms with E-state index in [2.05, 4.69) is 39.7 Å². The molecule has 1 saturated heterocycles. The number of anilines is 1. The van der Waals surface area contributed by atoms with Gasteiger partial charge in [-0.2, -0.15) is 0 Å². The predicted molar refractivity (Wildman–Crippen MR) is 136 cm³/mol. The zero-order chi connectivity index (χ0) is 23.1. The van der Waals surface area contributed by atoms with Crippen molar-refractivity contribution in [3.63, 3.8) is 0 Å². The average molecular weight is 475 g/mol. The quantitative estimate of drug-likeness (QED) is 0.354. The van der Waals surface area contributed by atoms with E-state index in [1.807, 2.05) is 54.6 Å². The number of para-hydroxylation sites is 1. The third-order valence-electron chi connectivity index (χ3n) is 6.11. The van der Waals surface area contributed by atoms with E-state index in [4.69, 9.17) is 23.8 Å². The first-order valence-corrected chi connectivity index (χ1v) is 11.5. The number of hydrogen-bond acceptors (Lipinski definition) is 3. The normalized spacial score (nSPS) is 17.9. The number of rotatable bonds is 4. The van der Waals surface area contributed by atoms with Crippen molar-refractivity contribution >= 4 is 34.6 Å². The average Bonchev–Trinajstić information content (AvgIpc) is 3.31. The summed E-state index contributed by atoms with van der Waals surface area (Å²) >= 11 is 12.4. The van der Waals surface area contributed by atoms with Gasteiger partial charge < -0.3 is 19.9 Å². The van der Waals surface area contributed by atoms with Crippen LogP contribution in [0.2, 0.25) is 5.02 Å². The van der Waals surface area contributed by atoms with Crippen LogP contribution in [0.4, 0.5) is 5.69 Å². The molecule has 33 heavy (non-hydrogen) atoms. The summed E-state index contributed by atoms with van der Waals surface area (Å²) < 4.78 is 2.18. The molecule has 1 fully saturated rings. The summed E-state index contributed by atoms with van der Waals surface area (Å²) in [4.78, 5) is 6.73. The summed E-state index contributed by atoms with van der Waals surface area (Å²) in [7, 11) is 0. The van der Waals surface area contributed by atoms with E-state index >= 15 is 0 Å². The van der Waals surface area contributed by atoms with Gasteiger partial charge in [0.25, 0.3) is 0 Å². The molecule has 2 aromatic carbocycles. The molecule has 1 aliphatic rings. The van der Waals surface area contributed by atoms with Crippen LogP contribution in [-0.2, 0) is 0 Å². The molecule has 5 nitrogen and oxygen atoms in total. The number of aryl methyl sites for hydroxylation is 1. The number of phenols is 1. The Balaban J connectivity index is 1.69. The Morgan fingerprint density at radius 2 is 1.73 bits per heavy atom.